The van der Waals surface area contributed by atoms with Crippen LogP contribution in [0.1, 0.15) is 11.1 Å². The van der Waals surface area contributed by atoms with Crippen LogP contribution in [-0.4, -0.2) is 37.7 Å². The van der Waals surface area contributed by atoms with Gasteiger partial charge in [0.05, 0.1) is 24.3 Å². The highest BCUT2D eigenvalue weighted by molar-refractivity contribution is 5.81. The number of hydrogen-bond donors (Lipinski definition) is 2. The van der Waals surface area contributed by atoms with Crippen molar-refractivity contribution in [2.45, 2.75) is 18.6 Å². The van der Waals surface area contributed by atoms with Crippen LogP contribution < -0.4 is 10.6 Å². The van der Waals surface area contributed by atoms with Crippen molar-refractivity contribution in [3.8, 4) is 23.3 Å². The summed E-state index contributed by atoms with van der Waals surface area (Å²) in [5, 5.41) is 24.1. The summed E-state index contributed by atoms with van der Waals surface area (Å²) >= 11 is 0. The van der Waals surface area contributed by atoms with Crippen molar-refractivity contribution < 1.29 is 9.53 Å². The third-order valence-electron chi connectivity index (χ3n) is 4.43. The first kappa shape index (κ1) is 18.6. The first-order valence-corrected chi connectivity index (χ1v) is 8.81. The van der Waals surface area contributed by atoms with Gasteiger partial charge in [-0.3, -0.25) is 4.79 Å². The van der Waals surface area contributed by atoms with Crippen molar-refractivity contribution in [3.63, 3.8) is 0 Å². The number of nitriles is 2. The Morgan fingerprint density at radius 2 is 1.81 bits per heavy atom. The van der Waals surface area contributed by atoms with Gasteiger partial charge in [0.25, 0.3) is 5.91 Å². The summed E-state index contributed by atoms with van der Waals surface area (Å²) in [7, 11) is 0. The summed E-state index contributed by atoms with van der Waals surface area (Å²) in [5.74, 6) is -0.261. The van der Waals surface area contributed by atoms with E-state index in [2.05, 4.69) is 22.8 Å². The molecule has 6 heteroatoms. The van der Waals surface area contributed by atoms with Gasteiger partial charge in [0.2, 0.25) is 0 Å². The number of hydrogen-bond acceptors (Lipinski definition) is 5. The maximum Gasteiger partial charge on any atom is 0.251 e. The molecule has 1 heterocycles. The van der Waals surface area contributed by atoms with Gasteiger partial charge in [-0.2, -0.15) is 10.5 Å². The Morgan fingerprint density at radius 1 is 1.15 bits per heavy atom. The zero-order chi connectivity index (χ0) is 19.1. The Hall–Kier alpha value is -3.19. The Balaban J connectivity index is 1.61. The molecule has 1 amide bonds. The molecule has 1 aliphatic rings. The van der Waals surface area contributed by atoms with Gasteiger partial charge in [-0.05, 0) is 28.8 Å². The summed E-state index contributed by atoms with van der Waals surface area (Å²) in [6.07, 6.45) is -0.121. The number of amides is 1. The van der Waals surface area contributed by atoms with Crippen LogP contribution in [-0.2, 0) is 16.0 Å². The predicted molar refractivity (Wildman–Crippen MR) is 100 cm³/mol. The molecule has 3 rings (SSSR count). The second-order valence-corrected chi connectivity index (χ2v) is 6.34. The van der Waals surface area contributed by atoms with Gasteiger partial charge in [0, 0.05) is 19.5 Å². The lowest BCUT2D eigenvalue weighted by molar-refractivity contribution is -0.134. The first-order valence-electron chi connectivity index (χ1n) is 8.81. The van der Waals surface area contributed by atoms with Crippen LogP contribution in [0.5, 0.6) is 0 Å². The molecule has 136 valence electrons. The van der Waals surface area contributed by atoms with Crippen molar-refractivity contribution in [2.24, 2.45) is 0 Å². The van der Waals surface area contributed by atoms with Crippen molar-refractivity contribution in [1.82, 2.24) is 10.6 Å². The van der Waals surface area contributed by atoms with Crippen LogP contribution in [0.4, 0.5) is 0 Å². The van der Waals surface area contributed by atoms with Gasteiger partial charge in [-0.15, -0.1) is 0 Å². The first-order chi connectivity index (χ1) is 13.2. The molecule has 6 nitrogen and oxygen atoms in total. The Labute approximate surface area is 158 Å². The summed E-state index contributed by atoms with van der Waals surface area (Å²) < 4.78 is 5.41. The van der Waals surface area contributed by atoms with E-state index in [0.717, 1.165) is 23.2 Å². The molecular weight excluding hydrogens is 340 g/mol. The average Bonchev–Trinajstić information content (AvgIpc) is 2.74. The molecule has 0 spiro atoms. The zero-order valence-electron chi connectivity index (χ0n) is 14.8. The van der Waals surface area contributed by atoms with Crippen molar-refractivity contribution in [3.05, 3.63) is 59.7 Å². The van der Waals surface area contributed by atoms with Crippen molar-refractivity contribution in [2.75, 3.05) is 19.7 Å². The molecule has 2 aromatic carbocycles. The molecule has 0 bridgehead atoms. The molecule has 2 N–H and O–H groups in total. The van der Waals surface area contributed by atoms with E-state index in [0.29, 0.717) is 25.1 Å². The quantitative estimate of drug-likeness (QED) is 0.847. The fourth-order valence-electron chi connectivity index (χ4n) is 2.93. The van der Waals surface area contributed by atoms with E-state index < -0.39 is 12.1 Å². The lowest BCUT2D eigenvalue weighted by Gasteiger charge is -2.24. The Kier molecular flexibility index (Phi) is 6.17. The number of ether oxygens (including phenoxy) is 1. The average molecular weight is 360 g/mol. The third kappa shape index (κ3) is 4.92. The number of nitrogens with zero attached hydrogens (tertiary/aromatic N) is 2. The minimum absolute atomic E-state index is 0.261. The molecule has 2 atom stereocenters. The van der Waals surface area contributed by atoms with E-state index in [1.165, 1.54) is 0 Å². The van der Waals surface area contributed by atoms with E-state index in [-0.39, 0.29) is 5.91 Å². The maximum atomic E-state index is 12.2. The summed E-state index contributed by atoms with van der Waals surface area (Å²) in [6, 6.07) is 18.9. The minimum atomic E-state index is -0.608. The molecule has 1 fully saturated rings. The standard InChI is InChI=1S/C21H20N4O2/c22-12-16-3-7-18(8-4-16)17-5-1-15(2-6-17)11-19(13-23)25-21(26)20-14-24-9-10-27-20/h1-8,19-20,24H,9-11,14H2,(H,25,26)/t19-,20+/m0/s1. The molecule has 0 aromatic heterocycles. The van der Waals surface area contributed by atoms with E-state index in [9.17, 15) is 10.1 Å². The molecule has 0 radical (unpaired) electrons. The SMILES string of the molecule is N#Cc1ccc(-c2ccc(C[C@@H](C#N)NC(=O)[C@H]3CNCCO3)cc2)cc1. The molecule has 1 aliphatic heterocycles. The second-order valence-electron chi connectivity index (χ2n) is 6.34. The van der Waals surface area contributed by atoms with Gasteiger partial charge >= 0.3 is 0 Å². The number of carbonyl (C=O) groups is 1. The third-order valence-corrected chi connectivity index (χ3v) is 4.43. The summed E-state index contributed by atoms with van der Waals surface area (Å²) in [5.41, 5.74) is 3.64. The van der Waals surface area contributed by atoms with Crippen LogP contribution in [0.2, 0.25) is 0 Å². The molecule has 0 unspecified atom stereocenters. The second kappa shape index (κ2) is 8.95. The number of benzene rings is 2. The zero-order valence-corrected chi connectivity index (χ0v) is 14.8. The normalized spacial score (nSPS) is 17.3. The fraction of sp³-hybridized carbons (Fsp3) is 0.286. The van der Waals surface area contributed by atoms with E-state index in [1.807, 2.05) is 36.4 Å². The number of rotatable bonds is 5. The van der Waals surface area contributed by atoms with E-state index in [1.54, 1.807) is 12.1 Å². The number of carbonyl (C=O) groups excluding carboxylic acids is 1. The molecule has 27 heavy (non-hydrogen) atoms. The van der Waals surface area contributed by atoms with Crippen LogP contribution in [0.3, 0.4) is 0 Å². The predicted octanol–water partition coefficient (Wildman–Crippen LogP) is 1.76. The molecule has 1 saturated heterocycles. The van der Waals surface area contributed by atoms with Gasteiger partial charge < -0.3 is 15.4 Å². The van der Waals surface area contributed by atoms with Crippen LogP contribution in [0, 0.1) is 22.7 Å². The van der Waals surface area contributed by atoms with Crippen LogP contribution in [0.15, 0.2) is 48.5 Å². The lowest BCUT2D eigenvalue weighted by atomic mass is 10.00. The van der Waals surface area contributed by atoms with E-state index in [4.69, 9.17) is 10.00 Å². The summed E-state index contributed by atoms with van der Waals surface area (Å²) in [4.78, 5) is 12.2. The van der Waals surface area contributed by atoms with Crippen LogP contribution >= 0.6 is 0 Å². The largest absolute Gasteiger partial charge is 0.366 e. The van der Waals surface area contributed by atoms with Gasteiger partial charge in [0.15, 0.2) is 0 Å². The Morgan fingerprint density at radius 3 is 2.37 bits per heavy atom. The molecule has 0 aliphatic carbocycles. The van der Waals surface area contributed by atoms with Crippen LogP contribution in [0.25, 0.3) is 11.1 Å². The highest BCUT2D eigenvalue weighted by Crippen LogP contribution is 2.20. The fourth-order valence-corrected chi connectivity index (χ4v) is 2.93. The van der Waals surface area contributed by atoms with Crippen molar-refractivity contribution in [1.29, 1.82) is 10.5 Å². The number of morpholine rings is 1. The van der Waals surface area contributed by atoms with E-state index >= 15 is 0 Å². The molecule has 0 saturated carbocycles. The number of nitrogens with one attached hydrogen (secondary N) is 2. The Bertz CT molecular complexity index is 857. The summed E-state index contributed by atoms with van der Waals surface area (Å²) in [6.45, 7) is 1.69. The topological polar surface area (TPSA) is 97.9 Å². The minimum Gasteiger partial charge on any atom is -0.366 e. The monoisotopic (exact) mass is 360 g/mol. The maximum absolute atomic E-state index is 12.2. The smallest absolute Gasteiger partial charge is 0.251 e. The van der Waals surface area contributed by atoms with Crippen molar-refractivity contribution >= 4 is 5.91 Å². The molecule has 2 aromatic rings. The molecular formula is C21H20N4O2. The lowest BCUT2D eigenvalue weighted by Crippen LogP contribution is -2.50. The van der Waals surface area contributed by atoms with Gasteiger partial charge in [0.1, 0.15) is 12.1 Å². The van der Waals surface area contributed by atoms with Gasteiger partial charge in [-0.1, -0.05) is 36.4 Å². The van der Waals surface area contributed by atoms with Gasteiger partial charge in [-0.25, -0.2) is 0 Å². The highest BCUT2D eigenvalue weighted by atomic mass is 16.5. The highest BCUT2D eigenvalue weighted by Gasteiger charge is 2.24.